The number of allylic oxidation sites excluding steroid dienone is 2. The van der Waals surface area contributed by atoms with Gasteiger partial charge < -0.3 is 17.7 Å². The second-order valence-corrected chi connectivity index (χ2v) is 28.6. The molecule has 0 fully saturated rings. The summed E-state index contributed by atoms with van der Waals surface area (Å²) in [6.07, 6.45) is 5.95. The van der Waals surface area contributed by atoms with Crippen molar-refractivity contribution in [1.82, 2.24) is 0 Å². The molecule has 172 valence electrons. The molecule has 0 radical (unpaired) electrons. The highest BCUT2D eigenvalue weighted by molar-refractivity contribution is 6.72. The Hall–Kier alpha value is -1.37. The zero-order chi connectivity index (χ0) is 24.0. The molecule has 30 heavy (non-hydrogen) atoms. The standard InChI is InChI=1S/C20H40O6Si4/c1-27(2,3)23-17(13-14-19(21)25-29(7,8)9)15-18(24-28(4,5)6)16-20(22)26-30(10,11)12/h13-16H,1-12H3/b14-13+,17-15-,18-16+. The summed E-state index contributed by atoms with van der Waals surface area (Å²) in [6.45, 7) is 23.9. The Morgan fingerprint density at radius 3 is 1.23 bits per heavy atom. The summed E-state index contributed by atoms with van der Waals surface area (Å²) in [5.41, 5.74) is 0. The monoisotopic (exact) mass is 488 g/mol. The lowest BCUT2D eigenvalue weighted by atomic mass is 10.3. The molecule has 10 heteroatoms. The fourth-order valence-electron chi connectivity index (χ4n) is 1.99. The van der Waals surface area contributed by atoms with Crippen LogP contribution in [-0.2, 0) is 27.3 Å². The van der Waals surface area contributed by atoms with Crippen LogP contribution in [0.15, 0.2) is 35.8 Å². The third-order valence-electron chi connectivity index (χ3n) is 2.59. The Morgan fingerprint density at radius 1 is 0.467 bits per heavy atom. The predicted molar refractivity (Wildman–Crippen MR) is 133 cm³/mol. The van der Waals surface area contributed by atoms with Gasteiger partial charge in [-0.05, 0) is 84.6 Å². The van der Waals surface area contributed by atoms with Gasteiger partial charge in [-0.3, -0.25) is 0 Å². The fraction of sp³-hybridized carbons (Fsp3) is 0.600. The van der Waals surface area contributed by atoms with Crippen molar-refractivity contribution >= 4 is 45.2 Å². The molecule has 0 aromatic carbocycles. The molecular weight excluding hydrogens is 449 g/mol. The Morgan fingerprint density at radius 2 is 0.833 bits per heavy atom. The van der Waals surface area contributed by atoms with Gasteiger partial charge in [0.25, 0.3) is 0 Å². The van der Waals surface area contributed by atoms with Gasteiger partial charge in [0.15, 0.2) is 0 Å². The van der Waals surface area contributed by atoms with E-state index in [4.69, 9.17) is 17.7 Å². The third kappa shape index (κ3) is 17.5. The van der Waals surface area contributed by atoms with Crippen LogP contribution in [0.3, 0.4) is 0 Å². The summed E-state index contributed by atoms with van der Waals surface area (Å²) >= 11 is 0. The SMILES string of the molecule is C[Si](C)(C)OC(=O)/C=C/C(=C/C(=C\C(=O)O[Si](C)(C)C)O[Si](C)(C)C)O[Si](C)(C)C. The van der Waals surface area contributed by atoms with Crippen molar-refractivity contribution in [1.29, 1.82) is 0 Å². The normalized spacial score (nSPS) is 14.5. The van der Waals surface area contributed by atoms with Gasteiger partial charge in [-0.2, -0.15) is 0 Å². The van der Waals surface area contributed by atoms with Gasteiger partial charge in [0, 0.05) is 12.2 Å². The van der Waals surface area contributed by atoms with Crippen molar-refractivity contribution in [2.24, 2.45) is 0 Å². The Kier molecular flexibility index (Phi) is 10.3. The minimum absolute atomic E-state index is 0.369. The van der Waals surface area contributed by atoms with Crippen LogP contribution in [-0.4, -0.2) is 45.2 Å². The van der Waals surface area contributed by atoms with Gasteiger partial charge in [-0.15, -0.1) is 0 Å². The molecule has 0 amide bonds. The highest BCUT2D eigenvalue weighted by Crippen LogP contribution is 2.19. The molecule has 0 spiro atoms. The first-order chi connectivity index (χ1) is 13.2. The van der Waals surface area contributed by atoms with Crippen LogP contribution in [0.4, 0.5) is 0 Å². The highest BCUT2D eigenvalue weighted by Gasteiger charge is 2.23. The zero-order valence-corrected chi connectivity index (χ0v) is 24.8. The molecule has 0 aliphatic heterocycles. The molecule has 0 heterocycles. The van der Waals surface area contributed by atoms with E-state index in [1.807, 2.05) is 78.6 Å². The van der Waals surface area contributed by atoms with Crippen molar-refractivity contribution in [3.8, 4) is 0 Å². The van der Waals surface area contributed by atoms with Gasteiger partial charge in [-0.25, -0.2) is 9.59 Å². The minimum atomic E-state index is -2.03. The van der Waals surface area contributed by atoms with E-state index < -0.39 is 45.2 Å². The summed E-state index contributed by atoms with van der Waals surface area (Å²) in [5.74, 6) is -0.0250. The average Bonchev–Trinajstić information content (AvgIpc) is 2.36. The lowest BCUT2D eigenvalue weighted by molar-refractivity contribution is -0.130. The van der Waals surface area contributed by atoms with Gasteiger partial charge in [0.1, 0.15) is 11.5 Å². The van der Waals surface area contributed by atoms with Crippen molar-refractivity contribution < 1.29 is 27.3 Å². The first kappa shape index (κ1) is 28.6. The Balaban J connectivity index is 6.01. The number of hydrogen-bond donors (Lipinski definition) is 0. The second-order valence-electron chi connectivity index (χ2n) is 10.9. The molecule has 0 N–H and O–H groups in total. The van der Waals surface area contributed by atoms with E-state index >= 15 is 0 Å². The van der Waals surface area contributed by atoms with E-state index in [2.05, 4.69) is 0 Å². The molecular formula is C20H40O6Si4. The molecule has 0 atom stereocenters. The topological polar surface area (TPSA) is 71.1 Å². The van der Waals surface area contributed by atoms with Crippen molar-refractivity contribution in [2.75, 3.05) is 0 Å². The minimum Gasteiger partial charge on any atom is -0.544 e. The number of carbonyl (C=O) groups excluding carboxylic acids is 2. The Bertz CT molecular complexity index is 699. The molecule has 0 saturated heterocycles. The first-order valence-electron chi connectivity index (χ1n) is 10.1. The zero-order valence-electron chi connectivity index (χ0n) is 20.8. The number of hydrogen-bond acceptors (Lipinski definition) is 6. The molecule has 0 aromatic heterocycles. The van der Waals surface area contributed by atoms with Crippen LogP contribution in [0.2, 0.25) is 78.6 Å². The highest BCUT2D eigenvalue weighted by atomic mass is 28.4. The van der Waals surface area contributed by atoms with E-state index in [1.54, 1.807) is 12.2 Å². The molecule has 0 aliphatic rings. The van der Waals surface area contributed by atoms with Crippen LogP contribution in [0.25, 0.3) is 0 Å². The predicted octanol–water partition coefficient (Wildman–Crippen LogP) is 5.77. The molecule has 0 bridgehead atoms. The van der Waals surface area contributed by atoms with Gasteiger partial charge >= 0.3 is 11.9 Å². The summed E-state index contributed by atoms with van der Waals surface area (Å²) in [4.78, 5) is 24.5. The quantitative estimate of drug-likeness (QED) is 0.168. The van der Waals surface area contributed by atoms with Crippen LogP contribution in [0.5, 0.6) is 0 Å². The Labute approximate surface area is 186 Å². The lowest BCUT2D eigenvalue weighted by Crippen LogP contribution is -2.29. The van der Waals surface area contributed by atoms with Gasteiger partial charge in [0.2, 0.25) is 33.3 Å². The molecule has 0 saturated carbocycles. The second kappa shape index (κ2) is 10.8. The summed E-state index contributed by atoms with van der Waals surface area (Å²) in [7, 11) is -8.02. The maximum Gasteiger partial charge on any atom is 0.321 e. The molecule has 0 aromatic rings. The summed E-state index contributed by atoms with van der Waals surface area (Å²) < 4.78 is 23.2. The maximum absolute atomic E-state index is 12.4. The van der Waals surface area contributed by atoms with E-state index in [0.717, 1.165) is 0 Å². The van der Waals surface area contributed by atoms with Crippen LogP contribution in [0.1, 0.15) is 0 Å². The lowest BCUT2D eigenvalue weighted by Gasteiger charge is -2.24. The van der Waals surface area contributed by atoms with Crippen molar-refractivity contribution in [3.05, 3.63) is 35.8 Å². The largest absolute Gasteiger partial charge is 0.544 e. The van der Waals surface area contributed by atoms with E-state index in [9.17, 15) is 9.59 Å². The van der Waals surface area contributed by atoms with Crippen molar-refractivity contribution in [3.63, 3.8) is 0 Å². The maximum atomic E-state index is 12.4. The number of rotatable bonds is 10. The first-order valence-corrected chi connectivity index (χ1v) is 23.7. The summed E-state index contributed by atoms with van der Waals surface area (Å²) in [5, 5.41) is 0. The van der Waals surface area contributed by atoms with Crippen molar-refractivity contribution in [2.45, 2.75) is 78.6 Å². The van der Waals surface area contributed by atoms with Gasteiger partial charge in [0.05, 0.1) is 6.08 Å². The van der Waals surface area contributed by atoms with E-state index in [0.29, 0.717) is 11.5 Å². The van der Waals surface area contributed by atoms with Gasteiger partial charge in [-0.1, -0.05) is 0 Å². The van der Waals surface area contributed by atoms with Crippen LogP contribution < -0.4 is 0 Å². The molecule has 0 rings (SSSR count). The van der Waals surface area contributed by atoms with E-state index in [1.165, 1.54) is 12.2 Å². The van der Waals surface area contributed by atoms with Crippen LogP contribution in [0, 0.1) is 0 Å². The smallest absolute Gasteiger partial charge is 0.321 e. The molecule has 0 unspecified atom stereocenters. The molecule has 6 nitrogen and oxygen atoms in total. The fourth-order valence-corrected chi connectivity index (χ4v) is 4.99. The summed E-state index contributed by atoms with van der Waals surface area (Å²) in [6, 6.07) is 0. The third-order valence-corrected chi connectivity index (χ3v) is 5.91. The molecule has 0 aliphatic carbocycles. The number of carbonyl (C=O) groups is 2. The average molecular weight is 489 g/mol. The van der Waals surface area contributed by atoms with E-state index in [-0.39, 0.29) is 0 Å². The van der Waals surface area contributed by atoms with Crippen LogP contribution >= 0.6 is 0 Å².